The van der Waals surface area contributed by atoms with Crippen molar-refractivity contribution in [1.29, 1.82) is 5.26 Å². The number of hydrogen-bond acceptors (Lipinski definition) is 6. The van der Waals surface area contributed by atoms with Gasteiger partial charge in [-0.05, 0) is 67.7 Å². The Hall–Kier alpha value is -3.79. The molecule has 0 atom stereocenters. The van der Waals surface area contributed by atoms with Gasteiger partial charge in [0.25, 0.3) is 5.91 Å². The molecule has 0 aromatic heterocycles. The van der Waals surface area contributed by atoms with Crippen LogP contribution in [0, 0.1) is 11.3 Å². The quantitative estimate of drug-likeness (QED) is 0.165. The van der Waals surface area contributed by atoms with Crippen molar-refractivity contribution in [2.45, 2.75) is 52.5 Å². The number of rotatable bonds is 11. The van der Waals surface area contributed by atoms with Gasteiger partial charge in [0.1, 0.15) is 17.4 Å². The molecular formula is C27H32N2O5. The summed E-state index contributed by atoms with van der Waals surface area (Å²) in [7, 11) is 1.45. The van der Waals surface area contributed by atoms with Gasteiger partial charge in [-0.2, -0.15) is 5.26 Å². The number of nitriles is 1. The molecule has 2 aromatic rings. The van der Waals surface area contributed by atoms with Crippen molar-refractivity contribution in [2.24, 2.45) is 0 Å². The van der Waals surface area contributed by atoms with E-state index in [9.17, 15) is 14.9 Å². The number of benzene rings is 2. The van der Waals surface area contributed by atoms with Gasteiger partial charge in [0.05, 0.1) is 13.7 Å². The standard InChI is InChI=1S/C27H32N2O5/c1-18(2)21-9-11-23(12-10-21)33-14-6-7-26(30)34-24-13-8-20(16-25(24)32-5)15-22(17-28)27(31)29-19(3)4/h8-13,15-16,18-19H,6-7,14H2,1-5H3,(H,29,31)/b22-15+. The van der Waals surface area contributed by atoms with E-state index in [1.54, 1.807) is 18.2 Å². The van der Waals surface area contributed by atoms with E-state index in [1.165, 1.54) is 18.7 Å². The Kier molecular flexibility index (Phi) is 10.2. The fraction of sp³-hybridized carbons (Fsp3) is 0.370. The fourth-order valence-corrected chi connectivity index (χ4v) is 3.04. The summed E-state index contributed by atoms with van der Waals surface area (Å²) in [5.74, 6) is 0.954. The molecule has 0 aliphatic heterocycles. The molecule has 0 saturated carbocycles. The van der Waals surface area contributed by atoms with E-state index in [1.807, 2.05) is 44.2 Å². The van der Waals surface area contributed by atoms with Crippen LogP contribution in [-0.4, -0.2) is 31.6 Å². The second-order valence-electron chi connectivity index (χ2n) is 8.36. The van der Waals surface area contributed by atoms with Gasteiger partial charge >= 0.3 is 5.97 Å². The van der Waals surface area contributed by atoms with E-state index in [0.717, 1.165) is 5.75 Å². The lowest BCUT2D eigenvalue weighted by molar-refractivity contribution is -0.134. The molecule has 0 aliphatic rings. The lowest BCUT2D eigenvalue weighted by atomic mass is 10.0. The molecule has 0 heterocycles. The molecule has 0 unspecified atom stereocenters. The van der Waals surface area contributed by atoms with Crippen LogP contribution >= 0.6 is 0 Å². The molecule has 0 saturated heterocycles. The smallest absolute Gasteiger partial charge is 0.311 e. The molecule has 0 radical (unpaired) electrons. The molecule has 7 nitrogen and oxygen atoms in total. The van der Waals surface area contributed by atoms with Gasteiger partial charge in [0, 0.05) is 12.5 Å². The van der Waals surface area contributed by atoms with Crippen LogP contribution in [0.2, 0.25) is 0 Å². The van der Waals surface area contributed by atoms with Crippen LogP contribution in [-0.2, 0) is 9.59 Å². The first-order valence-electron chi connectivity index (χ1n) is 11.3. The van der Waals surface area contributed by atoms with Crippen LogP contribution in [0.25, 0.3) is 6.08 Å². The topological polar surface area (TPSA) is 97.6 Å². The number of carbonyl (C=O) groups excluding carboxylic acids is 2. The number of esters is 1. The highest BCUT2D eigenvalue weighted by molar-refractivity contribution is 6.01. The molecule has 0 fully saturated rings. The monoisotopic (exact) mass is 464 g/mol. The highest BCUT2D eigenvalue weighted by atomic mass is 16.6. The lowest BCUT2D eigenvalue weighted by Gasteiger charge is -2.11. The predicted molar refractivity (Wildman–Crippen MR) is 131 cm³/mol. The van der Waals surface area contributed by atoms with E-state index < -0.39 is 11.9 Å². The minimum absolute atomic E-state index is 0.0284. The lowest BCUT2D eigenvalue weighted by Crippen LogP contribution is -2.30. The molecule has 2 aromatic carbocycles. The predicted octanol–water partition coefficient (Wildman–Crippen LogP) is 5.01. The zero-order valence-electron chi connectivity index (χ0n) is 20.4. The van der Waals surface area contributed by atoms with E-state index in [-0.39, 0.29) is 23.8 Å². The number of hydrogen-bond donors (Lipinski definition) is 1. The Morgan fingerprint density at radius 2 is 1.76 bits per heavy atom. The summed E-state index contributed by atoms with van der Waals surface area (Å²) in [4.78, 5) is 24.4. The van der Waals surface area contributed by atoms with Crippen LogP contribution in [0.3, 0.4) is 0 Å². The van der Waals surface area contributed by atoms with E-state index in [0.29, 0.717) is 30.3 Å². The molecule has 0 aliphatic carbocycles. The number of carbonyl (C=O) groups is 2. The first kappa shape index (κ1) is 26.5. The van der Waals surface area contributed by atoms with Gasteiger partial charge in [0.2, 0.25) is 0 Å². The number of amides is 1. The van der Waals surface area contributed by atoms with Crippen molar-refractivity contribution >= 4 is 18.0 Å². The number of nitrogens with one attached hydrogen (secondary N) is 1. The van der Waals surface area contributed by atoms with E-state index >= 15 is 0 Å². The maximum absolute atomic E-state index is 12.3. The van der Waals surface area contributed by atoms with Gasteiger partial charge in [-0.3, -0.25) is 9.59 Å². The Bertz CT molecular complexity index is 1050. The largest absolute Gasteiger partial charge is 0.494 e. The first-order valence-corrected chi connectivity index (χ1v) is 11.3. The van der Waals surface area contributed by atoms with Crippen LogP contribution in [0.4, 0.5) is 0 Å². The third-order valence-corrected chi connectivity index (χ3v) is 4.85. The second kappa shape index (κ2) is 13.0. The Balaban J connectivity index is 1.92. The van der Waals surface area contributed by atoms with Crippen LogP contribution in [0.1, 0.15) is 57.6 Å². The summed E-state index contributed by atoms with van der Waals surface area (Å²) in [6.07, 6.45) is 2.14. The number of nitrogens with zero attached hydrogens (tertiary/aromatic N) is 1. The average Bonchev–Trinajstić information content (AvgIpc) is 2.80. The minimum Gasteiger partial charge on any atom is -0.494 e. The minimum atomic E-state index is -0.454. The van der Waals surface area contributed by atoms with Gasteiger partial charge in [-0.1, -0.05) is 32.0 Å². The highest BCUT2D eigenvalue weighted by Crippen LogP contribution is 2.29. The Labute approximate surface area is 201 Å². The highest BCUT2D eigenvalue weighted by Gasteiger charge is 2.13. The summed E-state index contributed by atoms with van der Waals surface area (Å²) in [6, 6.07) is 14.6. The molecule has 0 bridgehead atoms. The van der Waals surface area contributed by atoms with Crippen molar-refractivity contribution in [3.05, 3.63) is 59.2 Å². The second-order valence-corrected chi connectivity index (χ2v) is 8.36. The average molecular weight is 465 g/mol. The maximum Gasteiger partial charge on any atom is 0.311 e. The van der Waals surface area contributed by atoms with Crippen LogP contribution in [0.5, 0.6) is 17.2 Å². The summed E-state index contributed by atoms with van der Waals surface area (Å²) in [5, 5.41) is 12.0. The van der Waals surface area contributed by atoms with Gasteiger partial charge in [-0.25, -0.2) is 0 Å². The van der Waals surface area contributed by atoms with E-state index in [4.69, 9.17) is 14.2 Å². The molecule has 34 heavy (non-hydrogen) atoms. The Morgan fingerprint density at radius 1 is 1.06 bits per heavy atom. The first-order chi connectivity index (χ1) is 16.2. The molecule has 1 amide bonds. The molecule has 1 N–H and O–H groups in total. The van der Waals surface area contributed by atoms with Gasteiger partial charge in [-0.15, -0.1) is 0 Å². The zero-order chi connectivity index (χ0) is 25.1. The third-order valence-electron chi connectivity index (χ3n) is 4.85. The normalized spacial score (nSPS) is 11.2. The molecular weight excluding hydrogens is 432 g/mol. The number of ether oxygens (including phenoxy) is 3. The summed E-state index contributed by atoms with van der Waals surface area (Å²) < 4.78 is 16.4. The van der Waals surface area contributed by atoms with Gasteiger partial charge in [0.15, 0.2) is 11.5 Å². The third kappa shape index (κ3) is 8.28. The Morgan fingerprint density at radius 3 is 2.35 bits per heavy atom. The molecule has 180 valence electrons. The SMILES string of the molecule is COc1cc(/C=C(\C#N)C(=O)NC(C)C)ccc1OC(=O)CCCOc1ccc(C(C)C)cc1. The van der Waals surface area contributed by atoms with Gasteiger partial charge < -0.3 is 19.5 Å². The van der Waals surface area contributed by atoms with Crippen molar-refractivity contribution in [3.63, 3.8) is 0 Å². The number of methoxy groups -OCH3 is 1. The summed E-state index contributed by atoms with van der Waals surface area (Å²) in [6.45, 7) is 8.30. The van der Waals surface area contributed by atoms with Crippen molar-refractivity contribution in [1.82, 2.24) is 5.32 Å². The maximum atomic E-state index is 12.3. The van der Waals surface area contributed by atoms with Crippen LogP contribution < -0.4 is 19.5 Å². The van der Waals surface area contributed by atoms with Crippen molar-refractivity contribution < 1.29 is 23.8 Å². The fourth-order valence-electron chi connectivity index (χ4n) is 3.04. The van der Waals surface area contributed by atoms with E-state index in [2.05, 4.69) is 19.2 Å². The van der Waals surface area contributed by atoms with Crippen LogP contribution in [0.15, 0.2) is 48.0 Å². The summed E-state index contributed by atoms with van der Waals surface area (Å²) >= 11 is 0. The van der Waals surface area contributed by atoms with Crippen molar-refractivity contribution in [3.8, 4) is 23.3 Å². The molecule has 7 heteroatoms. The zero-order valence-corrected chi connectivity index (χ0v) is 20.4. The molecule has 0 spiro atoms. The molecule has 2 rings (SSSR count). The van der Waals surface area contributed by atoms with Crippen molar-refractivity contribution in [2.75, 3.05) is 13.7 Å². The summed E-state index contributed by atoms with van der Waals surface area (Å²) in [5.41, 5.74) is 1.79.